The number of halogens is 1. The van der Waals surface area contributed by atoms with Crippen LogP contribution in [0.4, 0.5) is 0 Å². The standard InChI is InChI=1S/C13H7BrN2O5/c14-10-6-5-9(20-10)11(17)15-16-12(18)7-3-1-2-4-8(7)21-13(16)19/h1-6H,(H,15,17). The van der Waals surface area contributed by atoms with E-state index in [0.29, 0.717) is 9.35 Å². The number of furan rings is 1. The SMILES string of the molecule is O=C(Nn1c(=O)oc2ccccc2c1=O)c1ccc(Br)o1. The van der Waals surface area contributed by atoms with E-state index in [0.717, 1.165) is 0 Å². The van der Waals surface area contributed by atoms with Gasteiger partial charge in [0.05, 0.1) is 5.39 Å². The Morgan fingerprint density at radius 2 is 1.86 bits per heavy atom. The van der Waals surface area contributed by atoms with Crippen molar-refractivity contribution in [3.8, 4) is 0 Å². The maximum Gasteiger partial charge on any atom is 0.441 e. The molecule has 1 aromatic carbocycles. The third kappa shape index (κ3) is 2.40. The van der Waals surface area contributed by atoms with Gasteiger partial charge in [0.15, 0.2) is 10.4 Å². The molecule has 0 aliphatic carbocycles. The number of rotatable bonds is 2. The fourth-order valence-electron chi connectivity index (χ4n) is 1.76. The van der Waals surface area contributed by atoms with Gasteiger partial charge in [0.1, 0.15) is 5.58 Å². The molecule has 0 saturated heterocycles. The minimum Gasteiger partial charge on any atom is -0.444 e. The van der Waals surface area contributed by atoms with Crippen LogP contribution in [0, 0.1) is 0 Å². The molecule has 8 heteroatoms. The summed E-state index contributed by atoms with van der Waals surface area (Å²) in [5, 5.41) is 0.179. The molecule has 0 fully saturated rings. The van der Waals surface area contributed by atoms with Gasteiger partial charge in [0.25, 0.3) is 5.56 Å². The van der Waals surface area contributed by atoms with Crippen molar-refractivity contribution in [3.05, 3.63) is 67.7 Å². The zero-order chi connectivity index (χ0) is 15.0. The fourth-order valence-corrected chi connectivity index (χ4v) is 2.07. The van der Waals surface area contributed by atoms with Crippen molar-refractivity contribution in [2.45, 2.75) is 0 Å². The highest BCUT2D eigenvalue weighted by molar-refractivity contribution is 9.10. The summed E-state index contributed by atoms with van der Waals surface area (Å²) in [6.07, 6.45) is 0. The van der Waals surface area contributed by atoms with E-state index in [1.54, 1.807) is 12.1 Å². The van der Waals surface area contributed by atoms with Gasteiger partial charge in [0.2, 0.25) is 0 Å². The smallest absolute Gasteiger partial charge is 0.441 e. The first-order chi connectivity index (χ1) is 10.1. The van der Waals surface area contributed by atoms with Crippen molar-refractivity contribution >= 4 is 32.8 Å². The fraction of sp³-hybridized carbons (Fsp3) is 0. The van der Waals surface area contributed by atoms with Crippen molar-refractivity contribution < 1.29 is 13.6 Å². The van der Waals surface area contributed by atoms with Crippen molar-refractivity contribution in [1.82, 2.24) is 4.68 Å². The number of nitrogens with zero attached hydrogens (tertiary/aromatic N) is 1. The number of para-hydroxylation sites is 1. The van der Waals surface area contributed by atoms with E-state index in [1.165, 1.54) is 24.3 Å². The summed E-state index contributed by atoms with van der Waals surface area (Å²) < 4.78 is 10.9. The largest absolute Gasteiger partial charge is 0.444 e. The summed E-state index contributed by atoms with van der Waals surface area (Å²) in [6, 6.07) is 9.15. The lowest BCUT2D eigenvalue weighted by Gasteiger charge is -2.05. The summed E-state index contributed by atoms with van der Waals surface area (Å²) >= 11 is 3.05. The van der Waals surface area contributed by atoms with Crippen LogP contribution >= 0.6 is 15.9 Å². The maximum atomic E-state index is 12.2. The lowest BCUT2D eigenvalue weighted by atomic mass is 10.2. The van der Waals surface area contributed by atoms with Crippen LogP contribution in [0.25, 0.3) is 11.0 Å². The average Bonchev–Trinajstić information content (AvgIpc) is 2.90. The topological polar surface area (TPSA) is 94.5 Å². The molecule has 1 N–H and O–H groups in total. The second-order valence-electron chi connectivity index (χ2n) is 4.05. The van der Waals surface area contributed by atoms with Crippen LogP contribution in [0.5, 0.6) is 0 Å². The molecule has 0 radical (unpaired) electrons. The number of hydrogen-bond acceptors (Lipinski definition) is 5. The van der Waals surface area contributed by atoms with Crippen molar-refractivity contribution in [2.75, 3.05) is 5.43 Å². The van der Waals surface area contributed by atoms with E-state index in [9.17, 15) is 14.4 Å². The Morgan fingerprint density at radius 1 is 1.10 bits per heavy atom. The molecule has 106 valence electrons. The number of benzene rings is 1. The highest BCUT2D eigenvalue weighted by Crippen LogP contribution is 2.13. The molecule has 0 aliphatic heterocycles. The lowest BCUT2D eigenvalue weighted by Crippen LogP contribution is -2.41. The number of carbonyl (C=O) groups is 1. The van der Waals surface area contributed by atoms with E-state index in [4.69, 9.17) is 8.83 Å². The van der Waals surface area contributed by atoms with Gasteiger partial charge in [-0.3, -0.25) is 9.59 Å². The maximum absolute atomic E-state index is 12.2. The number of amides is 1. The first kappa shape index (κ1) is 13.4. The van der Waals surface area contributed by atoms with Crippen LogP contribution in [0.1, 0.15) is 10.6 Å². The van der Waals surface area contributed by atoms with Gasteiger partial charge < -0.3 is 8.83 Å². The van der Waals surface area contributed by atoms with E-state index in [1.807, 2.05) is 0 Å². The Balaban J connectivity index is 2.07. The molecule has 3 rings (SSSR count). The summed E-state index contributed by atoms with van der Waals surface area (Å²) in [5.74, 6) is -1.79. The Bertz CT molecular complexity index is 953. The monoisotopic (exact) mass is 350 g/mol. The number of fused-ring (bicyclic) bond motifs is 1. The molecule has 0 bridgehead atoms. The van der Waals surface area contributed by atoms with Crippen LogP contribution in [-0.2, 0) is 0 Å². The normalized spacial score (nSPS) is 10.7. The Kier molecular flexibility index (Phi) is 3.22. The van der Waals surface area contributed by atoms with Gasteiger partial charge >= 0.3 is 11.7 Å². The van der Waals surface area contributed by atoms with Crippen LogP contribution in [0.3, 0.4) is 0 Å². The average molecular weight is 351 g/mol. The molecule has 7 nitrogen and oxygen atoms in total. The van der Waals surface area contributed by atoms with Crippen LogP contribution in [0.2, 0.25) is 0 Å². The molecule has 0 aliphatic rings. The summed E-state index contributed by atoms with van der Waals surface area (Å²) in [7, 11) is 0. The second-order valence-corrected chi connectivity index (χ2v) is 4.83. The highest BCUT2D eigenvalue weighted by atomic mass is 79.9. The molecule has 0 spiro atoms. The van der Waals surface area contributed by atoms with Gasteiger partial charge in [-0.1, -0.05) is 12.1 Å². The predicted molar refractivity (Wildman–Crippen MR) is 76.8 cm³/mol. The van der Waals surface area contributed by atoms with Crippen LogP contribution in [0.15, 0.2) is 59.5 Å². The van der Waals surface area contributed by atoms with Crippen LogP contribution < -0.4 is 16.7 Å². The van der Waals surface area contributed by atoms with Gasteiger partial charge in [-0.25, -0.2) is 10.2 Å². The predicted octanol–water partition coefficient (Wildman–Crippen LogP) is 1.69. The number of hydrogen-bond donors (Lipinski definition) is 1. The first-order valence-electron chi connectivity index (χ1n) is 5.78. The third-order valence-corrected chi connectivity index (χ3v) is 3.14. The Hall–Kier alpha value is -2.61. The Labute approximate surface area is 124 Å². The molecular weight excluding hydrogens is 344 g/mol. The zero-order valence-corrected chi connectivity index (χ0v) is 11.9. The van der Waals surface area contributed by atoms with E-state index in [-0.39, 0.29) is 16.7 Å². The molecule has 2 heterocycles. The van der Waals surface area contributed by atoms with Gasteiger partial charge in [-0.2, -0.15) is 0 Å². The third-order valence-electron chi connectivity index (χ3n) is 2.71. The van der Waals surface area contributed by atoms with Crippen molar-refractivity contribution in [2.24, 2.45) is 0 Å². The van der Waals surface area contributed by atoms with E-state index < -0.39 is 17.2 Å². The van der Waals surface area contributed by atoms with Crippen molar-refractivity contribution in [3.63, 3.8) is 0 Å². The molecule has 0 atom stereocenters. The molecule has 0 unspecified atom stereocenters. The number of carbonyl (C=O) groups excluding carboxylic acids is 1. The zero-order valence-electron chi connectivity index (χ0n) is 10.3. The number of nitrogens with one attached hydrogen (secondary N) is 1. The Morgan fingerprint density at radius 3 is 2.57 bits per heavy atom. The summed E-state index contributed by atoms with van der Waals surface area (Å²) in [5.41, 5.74) is 1.62. The summed E-state index contributed by atoms with van der Waals surface area (Å²) in [4.78, 5) is 35.8. The van der Waals surface area contributed by atoms with E-state index in [2.05, 4.69) is 21.4 Å². The molecule has 3 aromatic rings. The first-order valence-corrected chi connectivity index (χ1v) is 6.57. The second kappa shape index (κ2) is 5.06. The minimum absolute atomic E-state index is 0.0543. The minimum atomic E-state index is -0.988. The van der Waals surface area contributed by atoms with Crippen LogP contribution in [-0.4, -0.2) is 10.6 Å². The number of aromatic nitrogens is 1. The van der Waals surface area contributed by atoms with Crippen molar-refractivity contribution in [1.29, 1.82) is 0 Å². The quantitative estimate of drug-likeness (QED) is 0.758. The molecule has 2 aromatic heterocycles. The van der Waals surface area contributed by atoms with Gasteiger partial charge in [-0.15, -0.1) is 4.68 Å². The molecule has 1 amide bonds. The highest BCUT2D eigenvalue weighted by Gasteiger charge is 2.15. The van der Waals surface area contributed by atoms with Gasteiger partial charge in [-0.05, 0) is 40.2 Å². The lowest BCUT2D eigenvalue weighted by molar-refractivity contribution is 0.0977. The molecule has 0 saturated carbocycles. The van der Waals surface area contributed by atoms with Gasteiger partial charge in [0, 0.05) is 0 Å². The van der Waals surface area contributed by atoms with E-state index >= 15 is 0 Å². The summed E-state index contributed by atoms with van der Waals surface area (Å²) in [6.45, 7) is 0. The molecular formula is C13H7BrN2O5. The molecule has 21 heavy (non-hydrogen) atoms.